The summed E-state index contributed by atoms with van der Waals surface area (Å²) in [5, 5.41) is 2.82. The molecule has 0 unspecified atom stereocenters. The zero-order chi connectivity index (χ0) is 20.8. The average molecular weight is 383 g/mol. The number of ketones is 2. The number of carbonyl (C=O) groups excluding carboxylic acids is 3. The topological polar surface area (TPSA) is 63.2 Å². The van der Waals surface area contributed by atoms with E-state index in [1.165, 1.54) is 0 Å². The predicted molar refractivity (Wildman–Crippen MR) is 113 cm³/mol. The molecule has 4 heteroatoms. The summed E-state index contributed by atoms with van der Waals surface area (Å²) in [6, 6.07) is 19.1. The van der Waals surface area contributed by atoms with Crippen molar-refractivity contribution < 1.29 is 14.4 Å². The third kappa shape index (κ3) is 3.38. The van der Waals surface area contributed by atoms with Gasteiger partial charge in [-0.05, 0) is 41.3 Å². The van der Waals surface area contributed by atoms with E-state index in [2.05, 4.69) is 26.1 Å². The van der Waals surface area contributed by atoms with Crippen LogP contribution in [0.3, 0.4) is 0 Å². The Labute approximate surface area is 169 Å². The monoisotopic (exact) mass is 383 g/mol. The van der Waals surface area contributed by atoms with Crippen LogP contribution in [0.1, 0.15) is 68.5 Å². The maximum atomic E-state index is 12.8. The van der Waals surface area contributed by atoms with Gasteiger partial charge in [0.25, 0.3) is 5.91 Å². The van der Waals surface area contributed by atoms with E-state index >= 15 is 0 Å². The molecule has 0 spiro atoms. The van der Waals surface area contributed by atoms with Crippen molar-refractivity contribution >= 4 is 23.2 Å². The van der Waals surface area contributed by atoms with Crippen molar-refractivity contribution in [3.05, 3.63) is 100 Å². The van der Waals surface area contributed by atoms with Crippen molar-refractivity contribution in [3.63, 3.8) is 0 Å². The number of rotatable bonds is 2. The van der Waals surface area contributed by atoms with Gasteiger partial charge in [-0.15, -0.1) is 0 Å². The molecule has 0 saturated carbocycles. The molecule has 0 fully saturated rings. The highest BCUT2D eigenvalue weighted by molar-refractivity contribution is 6.28. The van der Waals surface area contributed by atoms with Gasteiger partial charge in [-0.25, -0.2) is 0 Å². The first-order valence-corrected chi connectivity index (χ1v) is 9.50. The number of fused-ring (bicyclic) bond motifs is 2. The zero-order valence-corrected chi connectivity index (χ0v) is 16.6. The summed E-state index contributed by atoms with van der Waals surface area (Å²) >= 11 is 0. The van der Waals surface area contributed by atoms with E-state index in [0.29, 0.717) is 33.5 Å². The molecule has 144 valence electrons. The fourth-order valence-electron chi connectivity index (χ4n) is 3.50. The molecule has 3 aromatic carbocycles. The molecule has 29 heavy (non-hydrogen) atoms. The van der Waals surface area contributed by atoms with Crippen LogP contribution in [-0.2, 0) is 5.41 Å². The summed E-state index contributed by atoms with van der Waals surface area (Å²) in [7, 11) is 0. The second kappa shape index (κ2) is 6.82. The third-order valence-electron chi connectivity index (χ3n) is 5.20. The van der Waals surface area contributed by atoms with Gasteiger partial charge in [0.1, 0.15) is 0 Å². The standard InChI is InChI=1S/C25H21NO3/c1-25(2,3)16-10-8-15(9-11-16)24(29)26-17-12-13-20-21(14-17)23(28)19-7-5-4-6-18(19)22(20)27/h4-14H,1-3H3,(H,26,29). The molecule has 1 N–H and O–H groups in total. The van der Waals surface area contributed by atoms with Crippen molar-refractivity contribution in [1.29, 1.82) is 0 Å². The lowest BCUT2D eigenvalue weighted by Gasteiger charge is -2.19. The molecule has 4 nitrogen and oxygen atoms in total. The first-order valence-electron chi connectivity index (χ1n) is 9.50. The van der Waals surface area contributed by atoms with Crippen LogP contribution in [0.25, 0.3) is 0 Å². The van der Waals surface area contributed by atoms with Crippen molar-refractivity contribution in [2.75, 3.05) is 5.32 Å². The minimum Gasteiger partial charge on any atom is -0.322 e. The van der Waals surface area contributed by atoms with Crippen LogP contribution in [-0.4, -0.2) is 17.5 Å². The molecule has 1 amide bonds. The van der Waals surface area contributed by atoms with Gasteiger partial charge in [0, 0.05) is 33.5 Å². The first-order chi connectivity index (χ1) is 13.8. The van der Waals surface area contributed by atoms with Gasteiger partial charge in [-0.1, -0.05) is 57.2 Å². The Morgan fingerprint density at radius 2 is 1.28 bits per heavy atom. The van der Waals surface area contributed by atoms with Crippen LogP contribution >= 0.6 is 0 Å². The number of amides is 1. The van der Waals surface area contributed by atoms with Gasteiger partial charge in [0.15, 0.2) is 11.6 Å². The van der Waals surface area contributed by atoms with Crippen LogP contribution in [0, 0.1) is 0 Å². The maximum Gasteiger partial charge on any atom is 0.255 e. The highest BCUT2D eigenvalue weighted by atomic mass is 16.2. The van der Waals surface area contributed by atoms with Gasteiger partial charge < -0.3 is 5.32 Å². The molecule has 1 aliphatic carbocycles. The lowest BCUT2D eigenvalue weighted by molar-refractivity contribution is 0.0979. The Balaban J connectivity index is 1.61. The smallest absolute Gasteiger partial charge is 0.255 e. The highest BCUT2D eigenvalue weighted by Gasteiger charge is 2.29. The summed E-state index contributed by atoms with van der Waals surface area (Å²) < 4.78 is 0. The summed E-state index contributed by atoms with van der Waals surface area (Å²) in [5.41, 5.74) is 3.66. The fraction of sp³-hybridized carbons (Fsp3) is 0.160. The lowest BCUT2D eigenvalue weighted by atomic mass is 9.84. The fourth-order valence-corrected chi connectivity index (χ4v) is 3.50. The quantitative estimate of drug-likeness (QED) is 0.529. The Hall–Kier alpha value is -3.53. The van der Waals surface area contributed by atoms with Gasteiger partial charge >= 0.3 is 0 Å². The van der Waals surface area contributed by atoms with Gasteiger partial charge in [0.2, 0.25) is 0 Å². The Bertz CT molecular complexity index is 1150. The average Bonchev–Trinajstić information content (AvgIpc) is 2.71. The number of benzene rings is 3. The SMILES string of the molecule is CC(C)(C)c1ccc(C(=O)Nc2ccc3c(c2)C(=O)c2ccccc2C3=O)cc1. The van der Waals surface area contributed by atoms with Gasteiger partial charge in [-0.3, -0.25) is 14.4 Å². The van der Waals surface area contributed by atoms with Gasteiger partial charge in [0.05, 0.1) is 0 Å². The normalized spacial score (nSPS) is 12.9. The van der Waals surface area contributed by atoms with Crippen LogP contribution in [0.2, 0.25) is 0 Å². The number of carbonyl (C=O) groups is 3. The second-order valence-electron chi connectivity index (χ2n) is 8.25. The lowest BCUT2D eigenvalue weighted by Crippen LogP contribution is -2.21. The van der Waals surface area contributed by atoms with E-state index in [9.17, 15) is 14.4 Å². The van der Waals surface area contributed by atoms with E-state index in [4.69, 9.17) is 0 Å². The minimum absolute atomic E-state index is 0.0106. The summed E-state index contributed by atoms with van der Waals surface area (Å²) in [4.78, 5) is 38.1. The molecular formula is C25H21NO3. The van der Waals surface area contributed by atoms with E-state index in [1.807, 2.05) is 12.1 Å². The van der Waals surface area contributed by atoms with Crippen molar-refractivity contribution in [2.24, 2.45) is 0 Å². The van der Waals surface area contributed by atoms with Crippen molar-refractivity contribution in [3.8, 4) is 0 Å². The Kier molecular flexibility index (Phi) is 4.42. The molecule has 0 atom stereocenters. The number of hydrogen-bond donors (Lipinski definition) is 1. The molecule has 0 aromatic heterocycles. The summed E-state index contributed by atoms with van der Waals surface area (Å²) in [6.07, 6.45) is 0. The zero-order valence-electron chi connectivity index (χ0n) is 16.6. The van der Waals surface area contributed by atoms with Crippen LogP contribution in [0.4, 0.5) is 5.69 Å². The molecule has 3 aromatic rings. The second-order valence-corrected chi connectivity index (χ2v) is 8.25. The molecule has 0 heterocycles. The molecule has 1 aliphatic rings. The van der Waals surface area contributed by atoms with E-state index in [-0.39, 0.29) is 22.9 Å². The largest absolute Gasteiger partial charge is 0.322 e. The van der Waals surface area contributed by atoms with E-state index in [0.717, 1.165) is 5.56 Å². The van der Waals surface area contributed by atoms with E-state index < -0.39 is 0 Å². The highest BCUT2D eigenvalue weighted by Crippen LogP contribution is 2.29. The number of nitrogens with one attached hydrogen (secondary N) is 1. The first kappa shape index (κ1) is 18.8. The third-order valence-corrected chi connectivity index (χ3v) is 5.20. The van der Waals surface area contributed by atoms with Gasteiger partial charge in [-0.2, -0.15) is 0 Å². The molecule has 0 aliphatic heterocycles. The Morgan fingerprint density at radius 3 is 1.86 bits per heavy atom. The van der Waals surface area contributed by atoms with Crippen LogP contribution in [0.15, 0.2) is 66.7 Å². The molecule has 0 radical (unpaired) electrons. The number of anilines is 1. The summed E-state index contributed by atoms with van der Waals surface area (Å²) in [6.45, 7) is 6.35. The minimum atomic E-state index is -0.264. The van der Waals surface area contributed by atoms with Crippen LogP contribution in [0.5, 0.6) is 0 Å². The summed E-state index contributed by atoms with van der Waals surface area (Å²) in [5.74, 6) is -0.646. The van der Waals surface area contributed by atoms with E-state index in [1.54, 1.807) is 54.6 Å². The maximum absolute atomic E-state index is 12.8. The van der Waals surface area contributed by atoms with Crippen molar-refractivity contribution in [1.82, 2.24) is 0 Å². The van der Waals surface area contributed by atoms with Crippen LogP contribution < -0.4 is 5.32 Å². The Morgan fingerprint density at radius 1 is 0.724 bits per heavy atom. The molecule has 0 saturated heterocycles. The molecular weight excluding hydrogens is 362 g/mol. The van der Waals surface area contributed by atoms with Crippen molar-refractivity contribution in [2.45, 2.75) is 26.2 Å². The molecule has 4 rings (SSSR count). The predicted octanol–water partition coefficient (Wildman–Crippen LogP) is 5.01. The molecule has 0 bridgehead atoms. The number of hydrogen-bond acceptors (Lipinski definition) is 3.